The first kappa shape index (κ1) is 35.8. The number of alkyl halides is 3. The Labute approximate surface area is 292 Å². The van der Waals surface area contributed by atoms with E-state index in [1.807, 2.05) is 29.2 Å². The van der Waals surface area contributed by atoms with Gasteiger partial charge in [0.05, 0.1) is 5.56 Å². The number of piperidine rings is 3. The van der Waals surface area contributed by atoms with Crippen LogP contribution in [-0.2, 0) is 23.8 Å². The Hall–Kier alpha value is -4.00. The number of urea groups is 2. The highest BCUT2D eigenvalue weighted by atomic mass is 19.4. The van der Waals surface area contributed by atoms with Gasteiger partial charge in [-0.05, 0) is 106 Å². The van der Waals surface area contributed by atoms with Crippen LogP contribution in [0.4, 0.5) is 34.1 Å². The summed E-state index contributed by atoms with van der Waals surface area (Å²) in [5.41, 5.74) is 1.87. The number of para-hydroxylation sites is 1. The molecule has 0 spiro atoms. The fourth-order valence-corrected chi connectivity index (χ4v) is 8.46. The van der Waals surface area contributed by atoms with Crippen molar-refractivity contribution in [1.29, 1.82) is 0 Å². The van der Waals surface area contributed by atoms with Crippen molar-refractivity contribution < 1.29 is 27.6 Å². The zero-order valence-electron chi connectivity index (χ0n) is 29.1. The summed E-state index contributed by atoms with van der Waals surface area (Å²) in [5, 5.41) is 12.0. The van der Waals surface area contributed by atoms with Gasteiger partial charge in [0.15, 0.2) is 0 Å². The molecule has 6 rings (SSSR count). The third kappa shape index (κ3) is 8.14. The number of halogens is 3. The summed E-state index contributed by atoms with van der Waals surface area (Å²) >= 11 is 0. The molecule has 50 heavy (non-hydrogen) atoms. The first-order chi connectivity index (χ1) is 24.0. The van der Waals surface area contributed by atoms with Crippen molar-refractivity contribution >= 4 is 29.3 Å². The first-order valence-electron chi connectivity index (χ1n) is 18.1. The number of hydrogen-bond donors (Lipinski definition) is 4. The number of nitrogens with zero attached hydrogens (tertiary/aromatic N) is 3. The Morgan fingerprint density at radius 1 is 0.920 bits per heavy atom. The van der Waals surface area contributed by atoms with Crippen molar-refractivity contribution in [3.05, 3.63) is 58.7 Å². The molecule has 4 heterocycles. The zero-order valence-corrected chi connectivity index (χ0v) is 29.1. The molecular formula is C37H50F3N7O3. The summed E-state index contributed by atoms with van der Waals surface area (Å²) in [6.07, 6.45) is 1.29. The zero-order chi connectivity index (χ0) is 35.4. The Morgan fingerprint density at radius 2 is 1.58 bits per heavy atom. The summed E-state index contributed by atoms with van der Waals surface area (Å²) in [6, 6.07) is 8.89. The average Bonchev–Trinajstić information content (AvgIpc) is 3.29. The molecule has 4 N–H and O–H groups in total. The molecule has 0 unspecified atom stereocenters. The van der Waals surface area contributed by atoms with Gasteiger partial charge in [0, 0.05) is 63.6 Å². The maximum absolute atomic E-state index is 14.1. The Kier molecular flexibility index (Phi) is 11.1. The van der Waals surface area contributed by atoms with E-state index in [-0.39, 0.29) is 30.1 Å². The minimum Gasteiger partial charge on any atom is -0.387 e. The van der Waals surface area contributed by atoms with Gasteiger partial charge < -0.3 is 36.0 Å². The second kappa shape index (κ2) is 15.5. The SMILES string of the molecule is CNc1c(C)cc(C[C@@H](NC(=O)N2CCC(N3CCc4ccccc4NC3=O)CC2)C(=O)N2CCC(C3CCNCC3)CC2)cc1C(F)(F)F. The summed E-state index contributed by atoms with van der Waals surface area (Å²) in [7, 11) is 1.46. The van der Waals surface area contributed by atoms with Crippen LogP contribution in [-0.4, -0.2) is 97.6 Å². The molecule has 0 aromatic heterocycles. The molecule has 10 nitrogen and oxygen atoms in total. The fourth-order valence-electron chi connectivity index (χ4n) is 8.46. The van der Waals surface area contributed by atoms with E-state index in [1.165, 1.54) is 7.05 Å². The predicted octanol–water partition coefficient (Wildman–Crippen LogP) is 5.47. The average molecular weight is 698 g/mol. The van der Waals surface area contributed by atoms with Crippen LogP contribution in [0.5, 0.6) is 0 Å². The van der Waals surface area contributed by atoms with Gasteiger partial charge in [0.1, 0.15) is 6.04 Å². The van der Waals surface area contributed by atoms with Crippen molar-refractivity contribution in [3.63, 3.8) is 0 Å². The van der Waals surface area contributed by atoms with Crippen molar-refractivity contribution in [2.45, 2.75) is 76.6 Å². The van der Waals surface area contributed by atoms with Crippen LogP contribution in [0.2, 0.25) is 0 Å². The Morgan fingerprint density at radius 3 is 2.26 bits per heavy atom. The van der Waals surface area contributed by atoms with E-state index >= 15 is 0 Å². The van der Waals surface area contributed by atoms with Crippen molar-refractivity contribution in [2.75, 3.05) is 63.5 Å². The maximum atomic E-state index is 14.1. The number of likely N-dealkylation sites (tertiary alicyclic amines) is 2. The third-order valence-corrected chi connectivity index (χ3v) is 11.2. The standard InChI is InChI=1S/C37H50F3N7O3/c1-24-21-25(22-30(33(24)41-2)37(38,39)40)23-32(34(48)45-16-9-27(10-17-45)26-7-14-42-15-8-26)44-35(49)46-18-12-29(13-19-46)47-20-11-28-5-3-4-6-31(28)43-36(47)50/h3-6,21-22,26-27,29,32,41-42H,7-20,23H2,1-2H3,(H,43,50)(H,44,49)/t32-/m1/s1. The number of hydrogen-bond acceptors (Lipinski definition) is 5. The molecule has 5 amide bonds. The van der Waals surface area contributed by atoms with E-state index in [0.717, 1.165) is 62.5 Å². The first-order valence-corrected chi connectivity index (χ1v) is 18.1. The molecule has 2 aromatic carbocycles. The number of benzene rings is 2. The molecule has 4 aliphatic rings. The highest BCUT2D eigenvalue weighted by molar-refractivity contribution is 5.91. The number of rotatable bonds is 7. The lowest BCUT2D eigenvalue weighted by atomic mass is 9.79. The van der Waals surface area contributed by atoms with E-state index in [4.69, 9.17) is 0 Å². The van der Waals surface area contributed by atoms with E-state index in [9.17, 15) is 27.6 Å². The van der Waals surface area contributed by atoms with Crippen LogP contribution < -0.4 is 21.3 Å². The number of fused-ring (bicyclic) bond motifs is 1. The normalized spacial score (nSPS) is 20.5. The largest absolute Gasteiger partial charge is 0.418 e. The minimum absolute atomic E-state index is 0.00186. The number of nitrogens with one attached hydrogen (secondary N) is 4. The van der Waals surface area contributed by atoms with Crippen LogP contribution >= 0.6 is 0 Å². The summed E-state index contributed by atoms with van der Waals surface area (Å²) < 4.78 is 42.2. The monoisotopic (exact) mass is 697 g/mol. The molecule has 272 valence electrons. The highest BCUT2D eigenvalue weighted by Gasteiger charge is 2.38. The van der Waals surface area contributed by atoms with Gasteiger partial charge in [0.2, 0.25) is 5.91 Å². The third-order valence-electron chi connectivity index (χ3n) is 11.2. The van der Waals surface area contributed by atoms with Crippen molar-refractivity contribution in [1.82, 2.24) is 25.3 Å². The molecule has 3 fully saturated rings. The number of carbonyl (C=O) groups excluding carboxylic acids is 3. The van der Waals surface area contributed by atoms with Crippen LogP contribution in [0.1, 0.15) is 60.8 Å². The van der Waals surface area contributed by atoms with E-state index in [2.05, 4.69) is 21.3 Å². The van der Waals surface area contributed by atoms with E-state index < -0.39 is 23.8 Å². The van der Waals surface area contributed by atoms with Gasteiger partial charge >= 0.3 is 18.2 Å². The van der Waals surface area contributed by atoms with Gasteiger partial charge in [0.25, 0.3) is 0 Å². The van der Waals surface area contributed by atoms with E-state index in [1.54, 1.807) is 22.8 Å². The molecule has 0 bridgehead atoms. The molecule has 0 saturated carbocycles. The molecule has 1 atom stereocenters. The lowest BCUT2D eigenvalue weighted by Crippen LogP contribution is -2.57. The fraction of sp³-hybridized carbons (Fsp3) is 0.595. The van der Waals surface area contributed by atoms with Gasteiger partial charge in [-0.1, -0.05) is 24.3 Å². The second-order valence-corrected chi connectivity index (χ2v) is 14.3. The van der Waals surface area contributed by atoms with Crippen LogP contribution in [0.3, 0.4) is 0 Å². The molecule has 13 heteroatoms. The van der Waals surface area contributed by atoms with Gasteiger partial charge in [-0.2, -0.15) is 13.2 Å². The highest BCUT2D eigenvalue weighted by Crippen LogP contribution is 2.38. The topological polar surface area (TPSA) is 109 Å². The van der Waals surface area contributed by atoms with Crippen LogP contribution in [0, 0.1) is 18.8 Å². The Bertz CT molecular complexity index is 1530. The van der Waals surface area contributed by atoms with Crippen molar-refractivity contribution in [2.24, 2.45) is 11.8 Å². The lowest BCUT2D eigenvalue weighted by molar-refractivity contribution is -0.137. The smallest absolute Gasteiger partial charge is 0.387 e. The van der Waals surface area contributed by atoms with Crippen LogP contribution in [0.25, 0.3) is 0 Å². The molecule has 0 aliphatic carbocycles. The molecule has 0 radical (unpaired) electrons. The molecular weight excluding hydrogens is 647 g/mol. The molecule has 3 saturated heterocycles. The van der Waals surface area contributed by atoms with Crippen LogP contribution in [0.15, 0.2) is 36.4 Å². The minimum atomic E-state index is -4.59. The van der Waals surface area contributed by atoms with E-state index in [0.29, 0.717) is 68.5 Å². The summed E-state index contributed by atoms with van der Waals surface area (Å²) in [4.78, 5) is 46.2. The van der Waals surface area contributed by atoms with Gasteiger partial charge in [-0.15, -0.1) is 0 Å². The number of aryl methyl sites for hydroxylation is 1. The lowest BCUT2D eigenvalue weighted by Gasteiger charge is -2.40. The summed E-state index contributed by atoms with van der Waals surface area (Å²) in [5.74, 6) is 0.917. The molecule has 2 aromatic rings. The quantitative estimate of drug-likeness (QED) is 0.307. The van der Waals surface area contributed by atoms with Gasteiger partial charge in [-0.3, -0.25) is 4.79 Å². The number of anilines is 2. The molecule has 4 aliphatic heterocycles. The second-order valence-electron chi connectivity index (χ2n) is 14.3. The van der Waals surface area contributed by atoms with Gasteiger partial charge in [-0.25, -0.2) is 9.59 Å². The van der Waals surface area contributed by atoms with Crippen molar-refractivity contribution in [3.8, 4) is 0 Å². The Balaban J connectivity index is 1.13. The maximum Gasteiger partial charge on any atom is 0.418 e. The number of carbonyl (C=O) groups is 3. The number of amides is 5. The summed E-state index contributed by atoms with van der Waals surface area (Å²) in [6.45, 7) is 6.14. The predicted molar refractivity (Wildman–Crippen MR) is 187 cm³/mol.